The average molecular weight is 297 g/mol. The predicted octanol–water partition coefficient (Wildman–Crippen LogP) is -0.0457. The smallest absolute Gasteiger partial charge is 0.264 e. The van der Waals surface area contributed by atoms with Gasteiger partial charge in [0, 0.05) is 6.54 Å². The monoisotopic (exact) mass is 297 g/mol. The Morgan fingerprint density at radius 2 is 2.15 bits per heavy atom. The Bertz CT molecular complexity index is 783. The van der Waals surface area contributed by atoms with Gasteiger partial charge in [0.1, 0.15) is 11.1 Å². The minimum atomic E-state index is -3.37. The molecule has 0 radical (unpaired) electrons. The molecule has 20 heavy (non-hydrogen) atoms. The Hall–Kier alpha value is -1.93. The van der Waals surface area contributed by atoms with E-state index in [0.29, 0.717) is 16.7 Å². The Labute approximate surface area is 116 Å². The molecule has 8 heteroatoms. The molecule has 0 saturated carbocycles. The zero-order chi connectivity index (χ0) is 14.8. The topological polar surface area (TPSA) is 90.3 Å². The maximum atomic E-state index is 12.3. The number of rotatable bonds is 5. The Balaban J connectivity index is 2.47. The van der Waals surface area contributed by atoms with Crippen molar-refractivity contribution in [3.63, 3.8) is 0 Å². The summed E-state index contributed by atoms with van der Waals surface area (Å²) in [4.78, 5) is 16.5. The van der Waals surface area contributed by atoms with Gasteiger partial charge in [0.15, 0.2) is 0 Å². The van der Waals surface area contributed by atoms with E-state index >= 15 is 0 Å². The van der Waals surface area contributed by atoms with Crippen molar-refractivity contribution in [2.45, 2.75) is 6.54 Å². The van der Waals surface area contributed by atoms with E-state index in [-0.39, 0.29) is 17.9 Å². The summed E-state index contributed by atoms with van der Waals surface area (Å²) in [5, 5.41) is 0.347. The number of methoxy groups -OCH3 is 1. The molecule has 1 aromatic carbocycles. The molecule has 0 bridgehead atoms. The second-order valence-corrected chi connectivity index (χ2v) is 6.17. The van der Waals surface area contributed by atoms with Crippen molar-refractivity contribution in [3.8, 4) is 5.75 Å². The van der Waals surface area contributed by atoms with Crippen LogP contribution in [0.15, 0.2) is 29.3 Å². The molecular weight excluding hydrogens is 282 g/mol. The normalized spacial score (nSPS) is 11.7. The van der Waals surface area contributed by atoms with Gasteiger partial charge in [-0.15, -0.1) is 0 Å². The van der Waals surface area contributed by atoms with Crippen molar-refractivity contribution >= 4 is 20.9 Å². The van der Waals surface area contributed by atoms with E-state index < -0.39 is 10.0 Å². The van der Waals surface area contributed by atoms with Crippen LogP contribution in [-0.2, 0) is 16.6 Å². The summed E-state index contributed by atoms with van der Waals surface area (Å²) in [5.41, 5.74) is 0.195. The molecule has 2 aromatic rings. The van der Waals surface area contributed by atoms with E-state index in [2.05, 4.69) is 9.71 Å². The van der Waals surface area contributed by atoms with Crippen molar-refractivity contribution < 1.29 is 13.2 Å². The van der Waals surface area contributed by atoms with Crippen LogP contribution in [0, 0.1) is 0 Å². The summed E-state index contributed by atoms with van der Waals surface area (Å²) in [6.07, 6.45) is 1.34. The SMILES string of the molecule is CNS(=O)(=O)CCn1cnc2cccc(OC)c2c1=O. The number of nitrogens with one attached hydrogen (secondary N) is 1. The fourth-order valence-electron chi connectivity index (χ4n) is 1.82. The van der Waals surface area contributed by atoms with Crippen LogP contribution in [0.2, 0.25) is 0 Å². The van der Waals surface area contributed by atoms with Crippen molar-refractivity contribution in [1.82, 2.24) is 14.3 Å². The lowest BCUT2D eigenvalue weighted by Crippen LogP contribution is -2.29. The van der Waals surface area contributed by atoms with Crippen molar-refractivity contribution in [1.29, 1.82) is 0 Å². The second-order valence-electron chi connectivity index (χ2n) is 4.12. The third-order valence-corrected chi connectivity index (χ3v) is 4.29. The maximum absolute atomic E-state index is 12.3. The molecule has 1 heterocycles. The highest BCUT2D eigenvalue weighted by molar-refractivity contribution is 7.89. The van der Waals surface area contributed by atoms with Gasteiger partial charge in [-0.1, -0.05) is 6.07 Å². The molecule has 0 aliphatic heterocycles. The van der Waals surface area contributed by atoms with E-state index in [1.807, 2.05) is 0 Å². The van der Waals surface area contributed by atoms with Gasteiger partial charge in [-0.25, -0.2) is 18.1 Å². The van der Waals surface area contributed by atoms with Gasteiger partial charge < -0.3 is 4.74 Å². The molecule has 0 spiro atoms. The van der Waals surface area contributed by atoms with Gasteiger partial charge in [0.2, 0.25) is 10.0 Å². The Kier molecular flexibility index (Phi) is 4.05. The summed E-state index contributed by atoms with van der Waals surface area (Å²) in [7, 11) is -0.570. The number of sulfonamides is 1. The molecule has 0 aliphatic rings. The fourth-order valence-corrected chi connectivity index (χ4v) is 2.46. The number of fused-ring (bicyclic) bond motifs is 1. The first kappa shape index (κ1) is 14.5. The van der Waals surface area contributed by atoms with Crippen LogP contribution >= 0.6 is 0 Å². The number of aryl methyl sites for hydroxylation is 1. The maximum Gasteiger partial charge on any atom is 0.264 e. The van der Waals surface area contributed by atoms with Gasteiger partial charge in [0.25, 0.3) is 5.56 Å². The standard InChI is InChI=1S/C12H15N3O4S/c1-13-20(17,18)7-6-15-8-14-9-4-3-5-10(19-2)11(9)12(15)16/h3-5,8,13H,6-7H2,1-2H3. The lowest BCUT2D eigenvalue weighted by Gasteiger charge is -2.09. The summed E-state index contributed by atoms with van der Waals surface area (Å²) in [6, 6.07) is 5.11. The first-order valence-electron chi connectivity index (χ1n) is 5.92. The van der Waals surface area contributed by atoms with Crippen LogP contribution in [0.25, 0.3) is 10.9 Å². The minimum absolute atomic E-state index is 0.0307. The quantitative estimate of drug-likeness (QED) is 0.836. The molecular formula is C12H15N3O4S. The zero-order valence-electron chi connectivity index (χ0n) is 11.2. The van der Waals surface area contributed by atoms with Crippen LogP contribution in [0.5, 0.6) is 5.75 Å². The summed E-state index contributed by atoms with van der Waals surface area (Å²) >= 11 is 0. The number of ether oxygens (including phenoxy) is 1. The summed E-state index contributed by atoms with van der Waals surface area (Å²) in [6.45, 7) is 0.0307. The third kappa shape index (κ3) is 2.81. The van der Waals surface area contributed by atoms with E-state index in [9.17, 15) is 13.2 Å². The molecule has 1 N–H and O–H groups in total. The van der Waals surface area contributed by atoms with Crippen LogP contribution in [0.1, 0.15) is 0 Å². The first-order chi connectivity index (χ1) is 9.48. The highest BCUT2D eigenvalue weighted by Gasteiger charge is 2.12. The lowest BCUT2D eigenvalue weighted by molar-refractivity contribution is 0.419. The van der Waals surface area contributed by atoms with Crippen LogP contribution < -0.4 is 15.0 Å². The third-order valence-electron chi connectivity index (χ3n) is 2.95. The van der Waals surface area contributed by atoms with Crippen molar-refractivity contribution in [3.05, 3.63) is 34.9 Å². The van der Waals surface area contributed by atoms with Gasteiger partial charge in [-0.05, 0) is 19.2 Å². The minimum Gasteiger partial charge on any atom is -0.496 e. The molecule has 0 aliphatic carbocycles. The van der Waals surface area contributed by atoms with Crippen molar-refractivity contribution in [2.75, 3.05) is 19.9 Å². The molecule has 7 nitrogen and oxygen atoms in total. The highest BCUT2D eigenvalue weighted by Crippen LogP contribution is 2.19. The Morgan fingerprint density at radius 1 is 1.40 bits per heavy atom. The average Bonchev–Trinajstić information content (AvgIpc) is 2.46. The molecule has 0 saturated heterocycles. The zero-order valence-corrected chi connectivity index (χ0v) is 12.0. The number of benzene rings is 1. The molecule has 2 rings (SSSR count). The Morgan fingerprint density at radius 3 is 2.80 bits per heavy atom. The molecule has 1 aromatic heterocycles. The van der Waals surface area contributed by atoms with Crippen LogP contribution in [0.4, 0.5) is 0 Å². The number of aromatic nitrogens is 2. The largest absolute Gasteiger partial charge is 0.496 e. The van der Waals surface area contributed by atoms with E-state index in [4.69, 9.17) is 4.74 Å². The molecule has 0 unspecified atom stereocenters. The molecule has 0 amide bonds. The van der Waals surface area contributed by atoms with Gasteiger partial charge in [0.05, 0.1) is 24.7 Å². The molecule has 108 valence electrons. The van der Waals surface area contributed by atoms with Crippen LogP contribution in [-0.4, -0.2) is 37.9 Å². The van der Waals surface area contributed by atoms with Gasteiger partial charge in [-0.3, -0.25) is 9.36 Å². The van der Waals surface area contributed by atoms with E-state index in [0.717, 1.165) is 0 Å². The predicted molar refractivity (Wildman–Crippen MR) is 75.4 cm³/mol. The highest BCUT2D eigenvalue weighted by atomic mass is 32.2. The second kappa shape index (κ2) is 5.59. The first-order valence-corrected chi connectivity index (χ1v) is 7.57. The fraction of sp³-hybridized carbons (Fsp3) is 0.333. The molecule has 0 fully saturated rings. The van der Waals surface area contributed by atoms with Crippen LogP contribution in [0.3, 0.4) is 0 Å². The van der Waals surface area contributed by atoms with E-state index in [1.165, 1.54) is 25.1 Å². The number of hydrogen-bond donors (Lipinski definition) is 1. The van der Waals surface area contributed by atoms with Crippen molar-refractivity contribution in [2.24, 2.45) is 0 Å². The number of nitrogens with zero attached hydrogens (tertiary/aromatic N) is 2. The van der Waals surface area contributed by atoms with Gasteiger partial charge in [-0.2, -0.15) is 0 Å². The van der Waals surface area contributed by atoms with E-state index in [1.54, 1.807) is 18.2 Å². The number of hydrogen-bond acceptors (Lipinski definition) is 5. The lowest BCUT2D eigenvalue weighted by atomic mass is 10.2. The van der Waals surface area contributed by atoms with Gasteiger partial charge >= 0.3 is 0 Å². The summed E-state index contributed by atoms with van der Waals surface area (Å²) < 4.78 is 31.4. The molecule has 0 atom stereocenters. The summed E-state index contributed by atoms with van der Waals surface area (Å²) in [5.74, 6) is 0.233.